The summed E-state index contributed by atoms with van der Waals surface area (Å²) in [6.45, 7) is 2.70. The number of hydrogen-bond donors (Lipinski definition) is 1. The van der Waals surface area contributed by atoms with Crippen molar-refractivity contribution in [1.29, 1.82) is 0 Å². The van der Waals surface area contributed by atoms with Crippen LogP contribution in [0.25, 0.3) is 10.8 Å². The van der Waals surface area contributed by atoms with Crippen LogP contribution in [0.15, 0.2) is 36.4 Å². The van der Waals surface area contributed by atoms with Gasteiger partial charge in [0.05, 0.1) is 6.61 Å². The van der Waals surface area contributed by atoms with Crippen LogP contribution in [-0.4, -0.2) is 12.8 Å². The molecule has 0 fully saturated rings. The van der Waals surface area contributed by atoms with E-state index in [-0.39, 0.29) is 5.56 Å². The van der Waals surface area contributed by atoms with Crippen LogP contribution in [0.1, 0.15) is 44.2 Å². The molecule has 0 aliphatic rings. The van der Waals surface area contributed by atoms with Gasteiger partial charge in [-0.25, -0.2) is 0 Å². The summed E-state index contributed by atoms with van der Waals surface area (Å²) in [5, 5.41) is 1.51. The molecule has 0 aliphatic heterocycles. The summed E-state index contributed by atoms with van der Waals surface area (Å²) in [5.41, 5.74) is 5.35. The smallest absolute Gasteiger partial charge is 0.407 e. The molecule has 0 unspecified atom stereocenters. The van der Waals surface area contributed by atoms with Crippen LogP contribution in [0.4, 0.5) is 13.2 Å². The van der Waals surface area contributed by atoms with Crippen molar-refractivity contribution in [3.63, 3.8) is 0 Å². The van der Waals surface area contributed by atoms with E-state index in [0.717, 1.165) is 31.1 Å². The Kier molecular flexibility index (Phi) is 5.88. The van der Waals surface area contributed by atoms with E-state index in [4.69, 9.17) is 10.5 Å². The maximum Gasteiger partial charge on any atom is 0.407 e. The molecule has 0 aliphatic carbocycles. The van der Waals surface area contributed by atoms with Crippen molar-refractivity contribution >= 4 is 10.8 Å². The molecule has 0 aromatic heterocycles. The predicted octanol–water partition coefficient (Wildman–Crippen LogP) is 5.36. The standard InChI is InChI=1S/C18H22F3NO/c1-2-3-4-5-11-23-16-8-6-7-13-9-10-14(12-15(13)16)17(22)18(19,20)21/h6-10,12,17H,2-5,11,22H2,1H3/t17-/m0/s1. The molecule has 5 heteroatoms. The zero-order valence-corrected chi connectivity index (χ0v) is 13.2. The van der Waals surface area contributed by atoms with Crippen molar-refractivity contribution in [2.45, 2.75) is 44.8 Å². The minimum atomic E-state index is -4.45. The highest BCUT2D eigenvalue weighted by atomic mass is 19.4. The highest BCUT2D eigenvalue weighted by Gasteiger charge is 2.37. The second-order valence-electron chi connectivity index (χ2n) is 5.67. The fraction of sp³-hybridized carbons (Fsp3) is 0.444. The van der Waals surface area contributed by atoms with Gasteiger partial charge in [0.15, 0.2) is 0 Å². The number of ether oxygens (including phenoxy) is 1. The Morgan fingerprint density at radius 3 is 2.57 bits per heavy atom. The summed E-state index contributed by atoms with van der Waals surface area (Å²) < 4.78 is 44.2. The molecule has 0 spiro atoms. The maximum atomic E-state index is 12.8. The van der Waals surface area contributed by atoms with Gasteiger partial charge in [0.2, 0.25) is 0 Å². The SMILES string of the molecule is CCCCCCOc1cccc2ccc([C@H](N)C(F)(F)F)cc12. The predicted molar refractivity (Wildman–Crippen MR) is 86.6 cm³/mol. The van der Waals surface area contributed by atoms with Crippen LogP contribution in [0.2, 0.25) is 0 Å². The summed E-state index contributed by atoms with van der Waals surface area (Å²) in [6.07, 6.45) is -0.127. The van der Waals surface area contributed by atoms with Crippen LogP contribution < -0.4 is 10.5 Å². The molecular formula is C18H22F3NO. The van der Waals surface area contributed by atoms with Gasteiger partial charge in [0.25, 0.3) is 0 Å². The summed E-state index contributed by atoms with van der Waals surface area (Å²) in [4.78, 5) is 0. The number of benzene rings is 2. The van der Waals surface area contributed by atoms with E-state index in [1.807, 2.05) is 12.1 Å². The molecule has 0 bridgehead atoms. The van der Waals surface area contributed by atoms with Crippen molar-refractivity contribution in [3.05, 3.63) is 42.0 Å². The molecule has 2 N–H and O–H groups in total. The first-order chi connectivity index (χ1) is 10.9. The van der Waals surface area contributed by atoms with Gasteiger partial charge < -0.3 is 10.5 Å². The Hall–Kier alpha value is -1.75. The lowest BCUT2D eigenvalue weighted by Crippen LogP contribution is -2.28. The molecular weight excluding hydrogens is 303 g/mol. The van der Waals surface area contributed by atoms with Gasteiger partial charge in [-0.05, 0) is 29.5 Å². The number of rotatable bonds is 7. The van der Waals surface area contributed by atoms with Gasteiger partial charge in [-0.15, -0.1) is 0 Å². The molecule has 0 radical (unpaired) electrons. The molecule has 0 heterocycles. The van der Waals surface area contributed by atoms with E-state index in [9.17, 15) is 13.2 Å². The van der Waals surface area contributed by atoms with E-state index < -0.39 is 12.2 Å². The van der Waals surface area contributed by atoms with Gasteiger partial charge in [-0.2, -0.15) is 13.2 Å². The lowest BCUT2D eigenvalue weighted by Gasteiger charge is -2.17. The summed E-state index contributed by atoms with van der Waals surface area (Å²) >= 11 is 0. The molecule has 0 saturated heterocycles. The van der Waals surface area contributed by atoms with E-state index in [2.05, 4.69) is 6.92 Å². The normalized spacial score (nSPS) is 13.3. The van der Waals surface area contributed by atoms with Crippen molar-refractivity contribution < 1.29 is 17.9 Å². The second kappa shape index (κ2) is 7.68. The third-order valence-electron chi connectivity index (χ3n) is 3.83. The highest BCUT2D eigenvalue weighted by molar-refractivity contribution is 5.89. The van der Waals surface area contributed by atoms with Crippen molar-refractivity contribution in [3.8, 4) is 5.75 Å². The maximum absolute atomic E-state index is 12.8. The molecule has 2 nitrogen and oxygen atoms in total. The molecule has 2 aromatic rings. The van der Waals surface area contributed by atoms with Gasteiger partial charge >= 0.3 is 6.18 Å². The largest absolute Gasteiger partial charge is 0.493 e. The lowest BCUT2D eigenvalue weighted by molar-refractivity contribution is -0.149. The number of halogens is 3. The van der Waals surface area contributed by atoms with E-state index in [0.29, 0.717) is 17.7 Å². The molecule has 1 atom stereocenters. The fourth-order valence-electron chi connectivity index (χ4n) is 2.48. The zero-order valence-electron chi connectivity index (χ0n) is 13.2. The number of fused-ring (bicyclic) bond motifs is 1. The van der Waals surface area contributed by atoms with Gasteiger partial charge in [0, 0.05) is 5.39 Å². The quantitative estimate of drug-likeness (QED) is 0.695. The first-order valence-corrected chi connectivity index (χ1v) is 7.91. The topological polar surface area (TPSA) is 35.2 Å². The third-order valence-corrected chi connectivity index (χ3v) is 3.83. The molecule has 2 aromatic carbocycles. The molecule has 0 amide bonds. The molecule has 0 saturated carbocycles. The molecule has 23 heavy (non-hydrogen) atoms. The van der Waals surface area contributed by atoms with E-state index in [1.165, 1.54) is 12.1 Å². The summed E-state index contributed by atoms with van der Waals surface area (Å²) in [7, 11) is 0. The molecule has 126 valence electrons. The Labute approximate surface area is 134 Å². The van der Waals surface area contributed by atoms with Gasteiger partial charge in [-0.3, -0.25) is 0 Å². The summed E-state index contributed by atoms with van der Waals surface area (Å²) in [6, 6.07) is 8.05. The minimum absolute atomic E-state index is 0.0482. The van der Waals surface area contributed by atoms with Crippen LogP contribution in [0.5, 0.6) is 5.75 Å². The van der Waals surface area contributed by atoms with E-state index >= 15 is 0 Å². The lowest BCUT2D eigenvalue weighted by atomic mass is 10.0. The average molecular weight is 325 g/mol. The Morgan fingerprint density at radius 2 is 1.87 bits per heavy atom. The number of unbranched alkanes of at least 4 members (excludes halogenated alkanes) is 3. The Bertz CT molecular complexity index is 640. The number of nitrogens with two attached hydrogens (primary N) is 1. The van der Waals surface area contributed by atoms with Crippen LogP contribution in [-0.2, 0) is 0 Å². The Balaban J connectivity index is 2.20. The Morgan fingerprint density at radius 1 is 1.09 bits per heavy atom. The van der Waals surface area contributed by atoms with Crippen molar-refractivity contribution in [2.24, 2.45) is 5.73 Å². The zero-order chi connectivity index (χ0) is 16.9. The van der Waals surface area contributed by atoms with Gasteiger partial charge in [-0.1, -0.05) is 50.5 Å². The highest BCUT2D eigenvalue weighted by Crippen LogP contribution is 2.34. The first-order valence-electron chi connectivity index (χ1n) is 7.91. The number of alkyl halides is 3. The third kappa shape index (κ3) is 4.61. The monoisotopic (exact) mass is 325 g/mol. The van der Waals surface area contributed by atoms with Crippen LogP contribution in [0.3, 0.4) is 0 Å². The minimum Gasteiger partial charge on any atom is -0.493 e. The van der Waals surface area contributed by atoms with Crippen molar-refractivity contribution in [1.82, 2.24) is 0 Å². The van der Waals surface area contributed by atoms with Crippen LogP contribution in [0, 0.1) is 0 Å². The van der Waals surface area contributed by atoms with Crippen molar-refractivity contribution in [2.75, 3.05) is 6.61 Å². The fourth-order valence-corrected chi connectivity index (χ4v) is 2.48. The number of hydrogen-bond acceptors (Lipinski definition) is 2. The summed E-state index contributed by atoms with van der Waals surface area (Å²) in [5.74, 6) is 0.607. The van der Waals surface area contributed by atoms with Crippen LogP contribution >= 0.6 is 0 Å². The van der Waals surface area contributed by atoms with Gasteiger partial charge in [0.1, 0.15) is 11.8 Å². The first kappa shape index (κ1) is 17.6. The average Bonchev–Trinajstić information content (AvgIpc) is 2.52. The van der Waals surface area contributed by atoms with E-state index in [1.54, 1.807) is 12.1 Å². The molecule has 2 rings (SSSR count). The second-order valence-corrected chi connectivity index (χ2v) is 5.67.